The first-order valence-corrected chi connectivity index (χ1v) is 11.2. The number of methoxy groups -OCH3 is 2. The van der Waals surface area contributed by atoms with Crippen molar-refractivity contribution in [1.29, 1.82) is 0 Å². The molecular formula is C25H27N5O3. The maximum Gasteiger partial charge on any atom is 0.225 e. The lowest BCUT2D eigenvalue weighted by Gasteiger charge is -2.35. The molecule has 0 radical (unpaired) electrons. The number of pyridine rings is 1. The number of fused-ring (bicyclic) bond motifs is 1. The second-order valence-electron chi connectivity index (χ2n) is 8.33. The summed E-state index contributed by atoms with van der Waals surface area (Å²) in [5.74, 6) is 3.22. The second kappa shape index (κ2) is 9.05. The molecule has 0 saturated carbocycles. The largest absolute Gasteiger partial charge is 0.497 e. The van der Waals surface area contributed by atoms with Crippen molar-refractivity contribution >= 4 is 17.5 Å². The van der Waals surface area contributed by atoms with Crippen molar-refractivity contribution in [3.63, 3.8) is 0 Å². The van der Waals surface area contributed by atoms with Gasteiger partial charge in [0.15, 0.2) is 5.78 Å². The fraction of sp³-hybridized carbons (Fsp3) is 0.360. The summed E-state index contributed by atoms with van der Waals surface area (Å²) >= 11 is 0. The Bertz CT molecular complexity index is 1150. The Balaban J connectivity index is 1.34. The van der Waals surface area contributed by atoms with Gasteiger partial charge in [-0.1, -0.05) is 12.1 Å². The summed E-state index contributed by atoms with van der Waals surface area (Å²) in [4.78, 5) is 31.2. The lowest BCUT2D eigenvalue weighted by Crippen LogP contribution is -2.47. The summed E-state index contributed by atoms with van der Waals surface area (Å²) in [5, 5.41) is 0. The molecule has 1 aliphatic carbocycles. The Morgan fingerprint density at radius 1 is 0.939 bits per heavy atom. The standard InChI is InChI=1S/C25H27N5O3/c1-32-18-6-7-19(23(15-18)33-2)17-13-21-20(22(31)14-17)16-27-25(28-21)30-11-9-29(10-12-30)24-5-3-4-8-26-24/h3-8,15-17H,9-14H2,1-2H3. The van der Waals surface area contributed by atoms with E-state index in [4.69, 9.17) is 14.5 Å². The fourth-order valence-electron chi connectivity index (χ4n) is 4.64. The molecule has 1 aliphatic heterocycles. The van der Waals surface area contributed by atoms with Crippen molar-refractivity contribution in [3.8, 4) is 11.5 Å². The Hall–Kier alpha value is -3.68. The Kier molecular flexibility index (Phi) is 5.81. The fourth-order valence-corrected chi connectivity index (χ4v) is 4.64. The molecule has 0 bridgehead atoms. The zero-order valence-corrected chi connectivity index (χ0v) is 18.9. The van der Waals surface area contributed by atoms with E-state index in [1.807, 2.05) is 42.6 Å². The average molecular weight is 446 g/mol. The number of carbonyl (C=O) groups excluding carboxylic acids is 1. The molecular weight excluding hydrogens is 418 g/mol. The molecule has 1 atom stereocenters. The van der Waals surface area contributed by atoms with Gasteiger partial charge in [-0.25, -0.2) is 15.0 Å². The Morgan fingerprint density at radius 2 is 1.76 bits per heavy atom. The molecule has 5 rings (SSSR count). The molecule has 1 aromatic carbocycles. The summed E-state index contributed by atoms with van der Waals surface area (Å²) < 4.78 is 10.9. The van der Waals surface area contributed by atoms with Gasteiger partial charge < -0.3 is 19.3 Å². The zero-order valence-electron chi connectivity index (χ0n) is 18.9. The Labute approximate surface area is 193 Å². The van der Waals surface area contributed by atoms with E-state index in [9.17, 15) is 4.79 Å². The number of piperazine rings is 1. The number of nitrogens with zero attached hydrogens (tertiary/aromatic N) is 5. The van der Waals surface area contributed by atoms with Gasteiger partial charge in [0.1, 0.15) is 17.3 Å². The number of ether oxygens (including phenoxy) is 2. The molecule has 3 heterocycles. The predicted molar refractivity (Wildman–Crippen MR) is 126 cm³/mol. The van der Waals surface area contributed by atoms with E-state index in [0.717, 1.165) is 54.8 Å². The topological polar surface area (TPSA) is 80.7 Å². The summed E-state index contributed by atoms with van der Waals surface area (Å²) in [6.45, 7) is 3.31. The number of aromatic nitrogens is 3. The first kappa shape index (κ1) is 21.2. The molecule has 1 saturated heterocycles. The van der Waals surface area contributed by atoms with Gasteiger partial charge in [0.25, 0.3) is 0 Å². The van der Waals surface area contributed by atoms with E-state index < -0.39 is 0 Å². The van der Waals surface area contributed by atoms with Gasteiger partial charge in [0.05, 0.1) is 25.5 Å². The highest BCUT2D eigenvalue weighted by atomic mass is 16.5. The van der Waals surface area contributed by atoms with Crippen molar-refractivity contribution < 1.29 is 14.3 Å². The van der Waals surface area contributed by atoms with Crippen LogP contribution in [0.3, 0.4) is 0 Å². The lowest BCUT2D eigenvalue weighted by molar-refractivity contribution is 0.0962. The van der Waals surface area contributed by atoms with Gasteiger partial charge in [-0.15, -0.1) is 0 Å². The molecule has 3 aromatic rings. The number of rotatable bonds is 5. The van der Waals surface area contributed by atoms with E-state index in [2.05, 4.69) is 19.8 Å². The zero-order chi connectivity index (χ0) is 22.8. The minimum atomic E-state index is 0.00890. The van der Waals surface area contributed by atoms with Crippen LogP contribution in [-0.4, -0.2) is 61.1 Å². The minimum Gasteiger partial charge on any atom is -0.497 e. The van der Waals surface area contributed by atoms with E-state index in [0.29, 0.717) is 24.4 Å². The highest BCUT2D eigenvalue weighted by Crippen LogP contribution is 2.38. The van der Waals surface area contributed by atoms with Gasteiger partial charge in [-0.05, 0) is 30.2 Å². The monoisotopic (exact) mass is 445 g/mol. The number of carbonyl (C=O) groups is 1. The quantitative estimate of drug-likeness (QED) is 0.593. The highest BCUT2D eigenvalue weighted by Gasteiger charge is 2.31. The predicted octanol–water partition coefficient (Wildman–Crippen LogP) is 3.13. The molecule has 1 fully saturated rings. The number of anilines is 2. The normalized spacial score (nSPS) is 18.1. The molecule has 33 heavy (non-hydrogen) atoms. The molecule has 1 unspecified atom stereocenters. The maximum atomic E-state index is 12.9. The number of benzene rings is 1. The van der Waals surface area contributed by atoms with Gasteiger partial charge in [0, 0.05) is 57.0 Å². The van der Waals surface area contributed by atoms with Gasteiger partial charge in [-0.2, -0.15) is 0 Å². The number of hydrogen-bond acceptors (Lipinski definition) is 8. The van der Waals surface area contributed by atoms with Crippen LogP contribution in [0, 0.1) is 0 Å². The van der Waals surface area contributed by atoms with Crippen LogP contribution in [0.4, 0.5) is 11.8 Å². The first-order valence-electron chi connectivity index (χ1n) is 11.2. The van der Waals surface area contributed by atoms with Crippen LogP contribution in [0.1, 0.15) is 34.0 Å². The van der Waals surface area contributed by atoms with Crippen LogP contribution in [0.15, 0.2) is 48.8 Å². The molecule has 0 spiro atoms. The van der Waals surface area contributed by atoms with Crippen molar-refractivity contribution in [3.05, 3.63) is 65.6 Å². The van der Waals surface area contributed by atoms with E-state index in [-0.39, 0.29) is 11.7 Å². The van der Waals surface area contributed by atoms with Crippen LogP contribution in [0.5, 0.6) is 11.5 Å². The van der Waals surface area contributed by atoms with Gasteiger partial charge >= 0.3 is 0 Å². The molecule has 170 valence electrons. The highest BCUT2D eigenvalue weighted by molar-refractivity contribution is 5.98. The lowest BCUT2D eigenvalue weighted by atomic mass is 9.82. The third kappa shape index (κ3) is 4.20. The number of hydrogen-bond donors (Lipinski definition) is 0. The van der Waals surface area contributed by atoms with Crippen LogP contribution in [-0.2, 0) is 6.42 Å². The molecule has 0 N–H and O–H groups in total. The van der Waals surface area contributed by atoms with Crippen LogP contribution in [0.2, 0.25) is 0 Å². The average Bonchev–Trinajstić information content (AvgIpc) is 2.88. The third-order valence-electron chi connectivity index (χ3n) is 6.44. The molecule has 0 amide bonds. The first-order chi connectivity index (χ1) is 16.2. The smallest absolute Gasteiger partial charge is 0.225 e. The SMILES string of the molecule is COc1ccc(C2CC(=O)c3cnc(N4CCN(c5ccccn5)CC4)nc3C2)c(OC)c1. The van der Waals surface area contributed by atoms with Crippen LogP contribution >= 0.6 is 0 Å². The Morgan fingerprint density at radius 3 is 2.48 bits per heavy atom. The van der Waals surface area contributed by atoms with Crippen molar-refractivity contribution in [2.45, 2.75) is 18.8 Å². The van der Waals surface area contributed by atoms with Gasteiger partial charge in [0.2, 0.25) is 5.95 Å². The summed E-state index contributed by atoms with van der Waals surface area (Å²) in [6, 6.07) is 11.7. The minimum absolute atomic E-state index is 0.00890. The second-order valence-corrected chi connectivity index (χ2v) is 8.33. The van der Waals surface area contributed by atoms with Crippen LogP contribution in [0.25, 0.3) is 0 Å². The molecule has 2 aromatic heterocycles. The van der Waals surface area contributed by atoms with E-state index >= 15 is 0 Å². The third-order valence-corrected chi connectivity index (χ3v) is 6.44. The van der Waals surface area contributed by atoms with Crippen molar-refractivity contribution in [2.24, 2.45) is 0 Å². The van der Waals surface area contributed by atoms with E-state index in [1.54, 1.807) is 20.4 Å². The number of ketones is 1. The van der Waals surface area contributed by atoms with Crippen LogP contribution < -0.4 is 19.3 Å². The summed E-state index contributed by atoms with van der Waals surface area (Å²) in [5.41, 5.74) is 2.45. The van der Waals surface area contributed by atoms with Crippen molar-refractivity contribution in [1.82, 2.24) is 15.0 Å². The molecule has 8 nitrogen and oxygen atoms in total. The molecule has 8 heteroatoms. The van der Waals surface area contributed by atoms with E-state index in [1.165, 1.54) is 0 Å². The summed E-state index contributed by atoms with van der Waals surface area (Å²) in [6.07, 6.45) is 4.61. The number of Topliss-reactive ketones (excluding diaryl/α,β-unsaturated/α-hetero) is 1. The summed E-state index contributed by atoms with van der Waals surface area (Å²) in [7, 11) is 3.27. The van der Waals surface area contributed by atoms with Gasteiger partial charge in [-0.3, -0.25) is 4.79 Å². The maximum absolute atomic E-state index is 12.9. The van der Waals surface area contributed by atoms with Crippen molar-refractivity contribution in [2.75, 3.05) is 50.2 Å². The molecule has 2 aliphatic rings.